The van der Waals surface area contributed by atoms with Gasteiger partial charge in [-0.05, 0) is 43.3 Å². The maximum Gasteiger partial charge on any atom is 0.325 e. The van der Waals surface area contributed by atoms with Gasteiger partial charge in [0.1, 0.15) is 0 Å². The Kier molecular flexibility index (Phi) is 6.99. The second-order valence-corrected chi connectivity index (χ2v) is 8.30. The number of aromatic nitrogens is 2. The number of anilines is 3. The van der Waals surface area contributed by atoms with Gasteiger partial charge in [-0.3, -0.25) is 14.9 Å². The molecule has 5 N–H and O–H groups in total. The molecule has 0 radical (unpaired) electrons. The normalized spacial score (nSPS) is 10.3. The lowest BCUT2D eigenvalue weighted by Gasteiger charge is -2.05. The molecule has 30 heavy (non-hydrogen) atoms. The van der Waals surface area contributed by atoms with Crippen molar-refractivity contribution in [3.63, 3.8) is 0 Å². The second-order valence-electron chi connectivity index (χ2n) is 6.10. The quantitative estimate of drug-likeness (QED) is 0.327. The summed E-state index contributed by atoms with van der Waals surface area (Å²) in [5.74, 6) is -0.660. The van der Waals surface area contributed by atoms with Crippen molar-refractivity contribution in [2.75, 3.05) is 21.7 Å². The third kappa shape index (κ3) is 6.29. The molecular weight excluding hydrogens is 424 g/mol. The Balaban J connectivity index is 1.45. The van der Waals surface area contributed by atoms with Gasteiger partial charge in [0.25, 0.3) is 0 Å². The van der Waals surface area contributed by atoms with E-state index in [4.69, 9.17) is 5.73 Å². The predicted octanol–water partition coefficient (Wildman–Crippen LogP) is 3.32. The van der Waals surface area contributed by atoms with Crippen molar-refractivity contribution in [1.82, 2.24) is 10.2 Å². The lowest BCUT2D eigenvalue weighted by atomic mass is 10.2. The zero-order valence-corrected chi connectivity index (χ0v) is 17.5. The van der Waals surface area contributed by atoms with Gasteiger partial charge in [0.15, 0.2) is 4.34 Å². The molecular formula is C19H18N6O3S2. The predicted molar refractivity (Wildman–Crippen MR) is 118 cm³/mol. The maximum absolute atomic E-state index is 12.1. The summed E-state index contributed by atoms with van der Waals surface area (Å²) in [6.45, 7) is 1.96. The summed E-state index contributed by atoms with van der Waals surface area (Å²) in [4.78, 5) is 35.2. The van der Waals surface area contributed by atoms with Gasteiger partial charge in [0, 0.05) is 16.9 Å². The van der Waals surface area contributed by atoms with Gasteiger partial charge >= 0.3 is 6.03 Å². The fourth-order valence-corrected chi connectivity index (χ4v) is 3.80. The van der Waals surface area contributed by atoms with E-state index in [1.165, 1.54) is 35.2 Å². The molecule has 0 saturated carbocycles. The van der Waals surface area contributed by atoms with E-state index in [-0.39, 0.29) is 11.7 Å². The van der Waals surface area contributed by atoms with Gasteiger partial charge in [-0.25, -0.2) is 4.79 Å². The van der Waals surface area contributed by atoms with Crippen molar-refractivity contribution in [2.24, 2.45) is 5.73 Å². The minimum Gasteiger partial charge on any atom is -0.366 e. The monoisotopic (exact) mass is 442 g/mol. The van der Waals surface area contributed by atoms with Gasteiger partial charge in [0.2, 0.25) is 16.9 Å². The number of nitrogens with zero attached hydrogens (tertiary/aromatic N) is 2. The Hall–Kier alpha value is -3.44. The first-order valence-electron chi connectivity index (χ1n) is 8.70. The summed E-state index contributed by atoms with van der Waals surface area (Å²) in [6.07, 6.45) is 0. The summed E-state index contributed by atoms with van der Waals surface area (Å²) < 4.78 is 0.542. The smallest absolute Gasteiger partial charge is 0.325 e. The molecule has 1 heterocycles. The zero-order valence-electron chi connectivity index (χ0n) is 15.8. The molecule has 0 fully saturated rings. The molecule has 0 aliphatic carbocycles. The number of amides is 4. The number of carbonyl (C=O) groups excluding carboxylic acids is 3. The summed E-state index contributed by atoms with van der Waals surface area (Å²) in [5.41, 5.74) is 7.86. The van der Waals surface area contributed by atoms with Gasteiger partial charge in [-0.1, -0.05) is 40.8 Å². The molecule has 0 atom stereocenters. The Morgan fingerprint density at radius 2 is 1.57 bits per heavy atom. The van der Waals surface area contributed by atoms with E-state index in [0.717, 1.165) is 5.56 Å². The van der Waals surface area contributed by atoms with E-state index < -0.39 is 11.9 Å². The molecule has 0 spiro atoms. The third-order valence-electron chi connectivity index (χ3n) is 3.72. The Bertz CT molecular complexity index is 1050. The number of aryl methyl sites for hydroxylation is 1. The van der Waals surface area contributed by atoms with E-state index in [1.54, 1.807) is 24.3 Å². The van der Waals surface area contributed by atoms with E-state index in [2.05, 4.69) is 26.1 Å². The molecule has 154 valence electrons. The standard InChI is InChI=1S/C19H18N6O3S2/c1-11-2-6-14(7-3-11)22-17(28)23-18-24-25-19(30-18)29-10-15(26)21-13-8-4-12(5-9-13)16(20)27/h2-9H,10H2,1H3,(H2,20,27)(H,21,26)(H2,22,23,24,28). The van der Waals surface area contributed by atoms with Crippen LogP contribution < -0.4 is 21.7 Å². The molecule has 0 bridgehead atoms. The number of rotatable bonds is 7. The first-order chi connectivity index (χ1) is 14.4. The van der Waals surface area contributed by atoms with Crippen molar-refractivity contribution in [1.29, 1.82) is 0 Å². The zero-order chi connectivity index (χ0) is 21.5. The summed E-state index contributed by atoms with van der Waals surface area (Å²) in [5, 5.41) is 16.2. The number of carbonyl (C=O) groups is 3. The van der Waals surface area contributed by atoms with E-state index >= 15 is 0 Å². The highest BCUT2D eigenvalue weighted by molar-refractivity contribution is 8.01. The van der Waals surface area contributed by atoms with Gasteiger partial charge < -0.3 is 16.4 Å². The topological polar surface area (TPSA) is 139 Å². The first-order valence-corrected chi connectivity index (χ1v) is 10.5. The van der Waals surface area contributed by atoms with Crippen molar-refractivity contribution in [2.45, 2.75) is 11.3 Å². The molecule has 0 unspecified atom stereocenters. The van der Waals surface area contributed by atoms with Crippen LogP contribution in [-0.4, -0.2) is 33.8 Å². The fourth-order valence-electron chi connectivity index (χ4n) is 2.26. The highest BCUT2D eigenvalue weighted by atomic mass is 32.2. The highest BCUT2D eigenvalue weighted by Crippen LogP contribution is 2.25. The van der Waals surface area contributed by atoms with Crippen LogP contribution in [0.1, 0.15) is 15.9 Å². The van der Waals surface area contributed by atoms with Crippen LogP contribution in [0.2, 0.25) is 0 Å². The van der Waals surface area contributed by atoms with Crippen LogP contribution in [0.4, 0.5) is 21.3 Å². The Morgan fingerprint density at radius 3 is 2.23 bits per heavy atom. The number of hydrogen-bond donors (Lipinski definition) is 4. The molecule has 0 aliphatic rings. The number of nitrogens with one attached hydrogen (secondary N) is 3. The fraction of sp³-hybridized carbons (Fsp3) is 0.105. The SMILES string of the molecule is Cc1ccc(NC(=O)Nc2nnc(SCC(=O)Nc3ccc(C(N)=O)cc3)s2)cc1. The minimum atomic E-state index is -0.531. The molecule has 3 aromatic rings. The lowest BCUT2D eigenvalue weighted by Crippen LogP contribution is -2.19. The van der Waals surface area contributed by atoms with Crippen LogP contribution >= 0.6 is 23.1 Å². The lowest BCUT2D eigenvalue weighted by molar-refractivity contribution is -0.113. The molecule has 3 rings (SSSR count). The molecule has 11 heteroatoms. The Morgan fingerprint density at radius 1 is 0.933 bits per heavy atom. The number of urea groups is 1. The Labute approximate surface area is 180 Å². The van der Waals surface area contributed by atoms with E-state index in [0.29, 0.717) is 26.4 Å². The molecule has 1 aromatic heterocycles. The molecule has 0 aliphatic heterocycles. The van der Waals surface area contributed by atoms with Crippen LogP contribution in [0, 0.1) is 6.92 Å². The van der Waals surface area contributed by atoms with Crippen LogP contribution in [0.5, 0.6) is 0 Å². The van der Waals surface area contributed by atoms with Gasteiger partial charge in [-0.15, -0.1) is 10.2 Å². The number of primary amides is 1. The van der Waals surface area contributed by atoms with Gasteiger partial charge in [0.05, 0.1) is 5.75 Å². The number of nitrogens with two attached hydrogens (primary N) is 1. The van der Waals surface area contributed by atoms with Crippen molar-refractivity contribution < 1.29 is 14.4 Å². The minimum absolute atomic E-state index is 0.113. The first kappa shape index (κ1) is 21.3. The van der Waals surface area contributed by atoms with Crippen molar-refractivity contribution in [3.05, 3.63) is 59.7 Å². The molecule has 9 nitrogen and oxygen atoms in total. The summed E-state index contributed by atoms with van der Waals surface area (Å²) in [6, 6.07) is 13.2. The van der Waals surface area contributed by atoms with Crippen LogP contribution in [0.15, 0.2) is 52.9 Å². The summed E-state index contributed by atoms with van der Waals surface area (Å²) in [7, 11) is 0. The van der Waals surface area contributed by atoms with E-state index in [1.807, 2.05) is 19.1 Å². The van der Waals surface area contributed by atoms with Gasteiger partial charge in [-0.2, -0.15) is 0 Å². The van der Waals surface area contributed by atoms with Crippen molar-refractivity contribution in [3.8, 4) is 0 Å². The number of thioether (sulfide) groups is 1. The van der Waals surface area contributed by atoms with Crippen LogP contribution in [-0.2, 0) is 4.79 Å². The second kappa shape index (κ2) is 9.85. The average molecular weight is 443 g/mol. The summed E-state index contributed by atoms with van der Waals surface area (Å²) >= 11 is 2.36. The molecule has 0 saturated heterocycles. The van der Waals surface area contributed by atoms with Crippen LogP contribution in [0.25, 0.3) is 0 Å². The third-order valence-corrected chi connectivity index (χ3v) is 5.69. The van der Waals surface area contributed by atoms with Crippen molar-refractivity contribution >= 4 is 57.5 Å². The molecule has 4 amide bonds. The largest absolute Gasteiger partial charge is 0.366 e. The molecule has 2 aromatic carbocycles. The van der Waals surface area contributed by atoms with Crippen LogP contribution in [0.3, 0.4) is 0 Å². The number of hydrogen-bond acceptors (Lipinski definition) is 7. The highest BCUT2D eigenvalue weighted by Gasteiger charge is 2.11. The average Bonchev–Trinajstić information content (AvgIpc) is 3.16. The maximum atomic E-state index is 12.1. The number of benzene rings is 2. The van der Waals surface area contributed by atoms with E-state index in [9.17, 15) is 14.4 Å².